The highest BCUT2D eigenvalue weighted by Gasteiger charge is 2.33. The maximum absolute atomic E-state index is 14.2. The highest BCUT2D eigenvalue weighted by molar-refractivity contribution is 7.99. The molecule has 0 spiro atoms. The van der Waals surface area contributed by atoms with E-state index >= 15 is 0 Å². The van der Waals surface area contributed by atoms with Crippen LogP contribution in [0.3, 0.4) is 0 Å². The summed E-state index contributed by atoms with van der Waals surface area (Å²) in [5.74, 6) is -0.663. The van der Waals surface area contributed by atoms with Crippen LogP contribution in [0.15, 0.2) is 72.8 Å². The third kappa shape index (κ3) is 3.60. The van der Waals surface area contributed by atoms with Gasteiger partial charge in [-0.2, -0.15) is 0 Å². The summed E-state index contributed by atoms with van der Waals surface area (Å²) in [5.41, 5.74) is 3.02. The molecule has 136 valence electrons. The highest BCUT2D eigenvalue weighted by atomic mass is 32.2. The minimum atomic E-state index is -0.619. The lowest BCUT2D eigenvalue weighted by atomic mass is 10.0. The molecule has 2 nitrogen and oxygen atoms in total. The third-order valence-electron chi connectivity index (χ3n) is 4.62. The maximum Gasteiger partial charge on any atom is 0.255 e. The van der Waals surface area contributed by atoms with Gasteiger partial charge in [0.05, 0.1) is 0 Å². The number of carbonyl (C=O) groups excluding carboxylic acids is 1. The van der Waals surface area contributed by atoms with Crippen molar-refractivity contribution in [2.45, 2.75) is 5.37 Å². The zero-order valence-electron chi connectivity index (χ0n) is 14.4. The second-order valence-electron chi connectivity index (χ2n) is 6.33. The first-order valence-corrected chi connectivity index (χ1v) is 9.71. The van der Waals surface area contributed by atoms with E-state index in [2.05, 4.69) is 0 Å². The molecule has 0 unspecified atom stereocenters. The normalized spacial score (nSPS) is 16.5. The number of nitrogens with zero attached hydrogens (tertiary/aromatic N) is 1. The van der Waals surface area contributed by atoms with Crippen LogP contribution in [0.1, 0.15) is 21.3 Å². The topological polar surface area (TPSA) is 20.3 Å². The Bertz CT molecular complexity index is 960. The fourth-order valence-corrected chi connectivity index (χ4v) is 4.52. The minimum absolute atomic E-state index is 0.145. The fourth-order valence-electron chi connectivity index (χ4n) is 3.24. The molecule has 27 heavy (non-hydrogen) atoms. The van der Waals surface area contributed by atoms with E-state index in [0.29, 0.717) is 17.7 Å². The summed E-state index contributed by atoms with van der Waals surface area (Å²) >= 11 is 1.49. The lowest BCUT2D eigenvalue weighted by Crippen LogP contribution is -2.30. The van der Waals surface area contributed by atoms with E-state index in [4.69, 9.17) is 0 Å². The number of hydrogen-bond acceptors (Lipinski definition) is 2. The quantitative estimate of drug-likeness (QED) is 0.595. The monoisotopic (exact) mass is 381 g/mol. The van der Waals surface area contributed by atoms with Gasteiger partial charge in [0.25, 0.3) is 5.91 Å². The molecule has 3 aromatic rings. The summed E-state index contributed by atoms with van der Waals surface area (Å²) in [6, 6.07) is 20.9. The van der Waals surface area contributed by atoms with Crippen LogP contribution < -0.4 is 0 Å². The molecule has 1 fully saturated rings. The van der Waals surface area contributed by atoms with Crippen molar-refractivity contribution in [3.63, 3.8) is 0 Å². The Balaban J connectivity index is 1.58. The number of hydrogen-bond donors (Lipinski definition) is 0. The van der Waals surface area contributed by atoms with Gasteiger partial charge < -0.3 is 4.90 Å². The van der Waals surface area contributed by atoms with E-state index in [0.717, 1.165) is 22.9 Å². The molecule has 0 N–H and O–H groups in total. The highest BCUT2D eigenvalue weighted by Crippen LogP contribution is 2.40. The first-order chi connectivity index (χ1) is 13.1. The number of rotatable bonds is 3. The molecule has 0 saturated carbocycles. The van der Waals surface area contributed by atoms with E-state index in [-0.39, 0.29) is 5.91 Å². The standard InChI is InChI=1S/C22H17F2NOS/c23-18-10-11-19(20(24)14-18)22-25(12-13-27-22)21(26)17-8-6-16(7-9-17)15-4-2-1-3-5-15/h1-11,14,22H,12-13H2/t22-/m0/s1. The predicted molar refractivity (Wildman–Crippen MR) is 104 cm³/mol. The van der Waals surface area contributed by atoms with Crippen molar-refractivity contribution in [1.82, 2.24) is 4.90 Å². The van der Waals surface area contributed by atoms with Crippen LogP contribution in [-0.4, -0.2) is 23.1 Å². The number of halogens is 2. The summed E-state index contributed by atoms with van der Waals surface area (Å²) in [6.45, 7) is 0.533. The van der Waals surface area contributed by atoms with Gasteiger partial charge in [0.15, 0.2) is 0 Å². The van der Waals surface area contributed by atoms with E-state index in [1.165, 1.54) is 23.9 Å². The molecular weight excluding hydrogens is 364 g/mol. The first kappa shape index (κ1) is 17.7. The van der Waals surface area contributed by atoms with Gasteiger partial charge in [-0.1, -0.05) is 48.5 Å². The molecule has 3 aromatic carbocycles. The molecule has 1 heterocycles. The van der Waals surface area contributed by atoms with Crippen molar-refractivity contribution in [2.24, 2.45) is 0 Å². The van der Waals surface area contributed by atoms with Gasteiger partial charge in [-0.3, -0.25) is 4.79 Å². The van der Waals surface area contributed by atoms with Gasteiger partial charge in [-0.15, -0.1) is 11.8 Å². The summed E-state index contributed by atoms with van der Waals surface area (Å²) in [7, 11) is 0. The Labute approximate surface area is 160 Å². The van der Waals surface area contributed by atoms with Crippen molar-refractivity contribution >= 4 is 17.7 Å². The van der Waals surface area contributed by atoms with Gasteiger partial charge in [-0.25, -0.2) is 8.78 Å². The fraction of sp³-hybridized carbons (Fsp3) is 0.136. The van der Waals surface area contributed by atoms with Crippen molar-refractivity contribution in [2.75, 3.05) is 12.3 Å². The summed E-state index contributed by atoms with van der Waals surface area (Å²) in [4.78, 5) is 14.6. The Kier molecular flexibility index (Phi) is 4.94. The van der Waals surface area contributed by atoms with E-state index < -0.39 is 17.0 Å². The van der Waals surface area contributed by atoms with Crippen LogP contribution in [0.2, 0.25) is 0 Å². The van der Waals surface area contributed by atoms with E-state index in [9.17, 15) is 13.6 Å². The molecular formula is C22H17F2NOS. The third-order valence-corrected chi connectivity index (χ3v) is 5.86. The van der Waals surface area contributed by atoms with Crippen LogP contribution in [0.5, 0.6) is 0 Å². The van der Waals surface area contributed by atoms with E-state index in [1.54, 1.807) is 17.0 Å². The van der Waals surface area contributed by atoms with Crippen molar-refractivity contribution in [3.05, 3.63) is 95.6 Å². The van der Waals surface area contributed by atoms with Crippen molar-refractivity contribution in [3.8, 4) is 11.1 Å². The molecule has 0 aromatic heterocycles. The SMILES string of the molecule is O=C(c1ccc(-c2ccccc2)cc1)N1CCS[C@H]1c1ccc(F)cc1F. The molecule has 4 rings (SSSR count). The van der Waals surface area contributed by atoms with Crippen LogP contribution in [0.25, 0.3) is 11.1 Å². The summed E-state index contributed by atoms with van der Waals surface area (Å²) < 4.78 is 27.4. The van der Waals surface area contributed by atoms with Gasteiger partial charge in [0, 0.05) is 29.5 Å². The second kappa shape index (κ2) is 7.53. The van der Waals surface area contributed by atoms with Crippen LogP contribution >= 0.6 is 11.8 Å². The van der Waals surface area contributed by atoms with Crippen LogP contribution in [-0.2, 0) is 0 Å². The van der Waals surface area contributed by atoms with Gasteiger partial charge in [0.2, 0.25) is 0 Å². The number of carbonyl (C=O) groups is 1. The zero-order chi connectivity index (χ0) is 18.8. The molecule has 0 aliphatic carbocycles. The van der Waals surface area contributed by atoms with Crippen molar-refractivity contribution in [1.29, 1.82) is 0 Å². The molecule has 1 saturated heterocycles. The Hall–Kier alpha value is -2.66. The summed E-state index contributed by atoms with van der Waals surface area (Å²) in [5, 5.41) is -0.438. The molecule has 0 bridgehead atoms. The molecule has 1 amide bonds. The molecule has 1 aliphatic heterocycles. The first-order valence-electron chi connectivity index (χ1n) is 8.66. The van der Waals surface area contributed by atoms with Crippen LogP contribution in [0, 0.1) is 11.6 Å². The Morgan fingerprint density at radius 2 is 1.63 bits per heavy atom. The van der Waals surface area contributed by atoms with Gasteiger partial charge in [0.1, 0.15) is 17.0 Å². The average Bonchev–Trinajstić information content (AvgIpc) is 3.18. The lowest BCUT2D eigenvalue weighted by Gasteiger charge is -2.24. The predicted octanol–water partition coefficient (Wildman–Crippen LogP) is 5.52. The van der Waals surface area contributed by atoms with Crippen molar-refractivity contribution < 1.29 is 13.6 Å². The maximum atomic E-state index is 14.2. The summed E-state index contributed by atoms with van der Waals surface area (Å²) in [6.07, 6.45) is 0. The minimum Gasteiger partial charge on any atom is -0.322 e. The molecule has 1 aliphatic rings. The largest absolute Gasteiger partial charge is 0.322 e. The average molecular weight is 381 g/mol. The second-order valence-corrected chi connectivity index (χ2v) is 7.52. The molecule has 1 atom stereocenters. The van der Waals surface area contributed by atoms with Gasteiger partial charge >= 0.3 is 0 Å². The van der Waals surface area contributed by atoms with E-state index in [1.807, 2.05) is 42.5 Å². The number of amides is 1. The molecule has 5 heteroatoms. The smallest absolute Gasteiger partial charge is 0.255 e. The number of thioether (sulfide) groups is 1. The Morgan fingerprint density at radius 3 is 2.33 bits per heavy atom. The Morgan fingerprint density at radius 1 is 0.926 bits per heavy atom. The van der Waals surface area contributed by atoms with Gasteiger partial charge in [-0.05, 0) is 29.3 Å². The lowest BCUT2D eigenvalue weighted by molar-refractivity contribution is 0.0759. The molecule has 0 radical (unpaired) electrons. The zero-order valence-corrected chi connectivity index (χ0v) is 15.3. The number of benzene rings is 3. The van der Waals surface area contributed by atoms with Crippen LogP contribution in [0.4, 0.5) is 8.78 Å².